The second-order valence-electron chi connectivity index (χ2n) is 9.59. The molecule has 0 atom stereocenters. The SMILES string of the molecule is [2H]c1c([2H])c([2H])c2c(c1[2H])c1c([2H])c([2H])c([2H])c([2H])c1n2-c1ccc2c(c1)oc1cc(-c3ccc4oc5ccccc5c4c3)ccc12. The molecule has 0 unspecified atom stereocenters. The van der Waals surface area contributed by atoms with Gasteiger partial charge in [-0.15, -0.1) is 0 Å². The first kappa shape index (κ1) is 14.6. The van der Waals surface area contributed by atoms with Gasteiger partial charge in [-0.05, 0) is 65.7 Å². The summed E-state index contributed by atoms with van der Waals surface area (Å²) in [6.07, 6.45) is 0. The molecule has 0 bridgehead atoms. The summed E-state index contributed by atoms with van der Waals surface area (Å²) in [5, 5.41) is 3.85. The first-order valence-electron chi connectivity index (χ1n) is 16.5. The summed E-state index contributed by atoms with van der Waals surface area (Å²) in [4.78, 5) is 0. The van der Waals surface area contributed by atoms with Crippen molar-refractivity contribution in [3.8, 4) is 16.8 Å². The van der Waals surface area contributed by atoms with Gasteiger partial charge < -0.3 is 13.4 Å². The Morgan fingerprint density at radius 3 is 1.87 bits per heavy atom. The smallest absolute Gasteiger partial charge is 0.137 e. The van der Waals surface area contributed by atoms with Crippen molar-refractivity contribution >= 4 is 65.7 Å². The molecule has 6 aromatic carbocycles. The zero-order valence-corrected chi connectivity index (χ0v) is 20.3. The number of para-hydroxylation sites is 3. The molecule has 0 aliphatic carbocycles. The van der Waals surface area contributed by atoms with Gasteiger partial charge in [0, 0.05) is 44.1 Å². The topological polar surface area (TPSA) is 31.2 Å². The molecule has 3 aromatic heterocycles. The van der Waals surface area contributed by atoms with Gasteiger partial charge in [0.25, 0.3) is 0 Å². The van der Waals surface area contributed by atoms with E-state index in [1.807, 2.05) is 60.7 Å². The second kappa shape index (κ2) is 7.62. The summed E-state index contributed by atoms with van der Waals surface area (Å²) in [5.41, 5.74) is 5.34. The molecule has 0 fully saturated rings. The molecule has 0 spiro atoms. The van der Waals surface area contributed by atoms with E-state index in [1.165, 1.54) is 4.57 Å². The predicted octanol–water partition coefficient (Wildman–Crippen LogP) is 10.2. The van der Waals surface area contributed by atoms with E-state index >= 15 is 0 Å². The monoisotopic (exact) mass is 507 g/mol. The maximum Gasteiger partial charge on any atom is 0.137 e. The first-order valence-corrected chi connectivity index (χ1v) is 12.5. The number of nitrogens with zero attached hydrogens (tertiary/aromatic N) is 1. The number of rotatable bonds is 2. The fourth-order valence-corrected chi connectivity index (χ4v) is 5.67. The van der Waals surface area contributed by atoms with Crippen molar-refractivity contribution in [2.24, 2.45) is 0 Å². The van der Waals surface area contributed by atoms with Crippen LogP contribution in [-0.4, -0.2) is 4.57 Å². The number of hydrogen-bond donors (Lipinski definition) is 0. The van der Waals surface area contributed by atoms with Gasteiger partial charge in [-0.3, -0.25) is 0 Å². The van der Waals surface area contributed by atoms with Crippen LogP contribution in [0.5, 0.6) is 0 Å². The molecule has 0 N–H and O–H groups in total. The molecule has 0 amide bonds. The van der Waals surface area contributed by atoms with Gasteiger partial charge in [-0.2, -0.15) is 0 Å². The van der Waals surface area contributed by atoms with Gasteiger partial charge >= 0.3 is 0 Å². The van der Waals surface area contributed by atoms with Crippen LogP contribution < -0.4 is 0 Å². The van der Waals surface area contributed by atoms with Crippen molar-refractivity contribution < 1.29 is 19.8 Å². The lowest BCUT2D eigenvalue weighted by Gasteiger charge is -2.07. The van der Waals surface area contributed by atoms with Gasteiger partial charge in [0.05, 0.1) is 22.0 Å². The highest BCUT2D eigenvalue weighted by atomic mass is 16.3. The Hall–Kier alpha value is -5.28. The summed E-state index contributed by atoms with van der Waals surface area (Å²) < 4.78 is 82.0. The molecular formula is C36H21NO2. The van der Waals surface area contributed by atoms with E-state index in [2.05, 4.69) is 6.07 Å². The molecule has 9 aromatic rings. The molecule has 3 heteroatoms. The molecule has 3 nitrogen and oxygen atoms in total. The Morgan fingerprint density at radius 1 is 0.462 bits per heavy atom. The molecule has 39 heavy (non-hydrogen) atoms. The highest BCUT2D eigenvalue weighted by Crippen LogP contribution is 2.37. The van der Waals surface area contributed by atoms with Crippen molar-refractivity contribution in [3.05, 3.63) is 127 Å². The maximum absolute atomic E-state index is 8.78. The zero-order valence-electron chi connectivity index (χ0n) is 28.3. The summed E-state index contributed by atoms with van der Waals surface area (Å²) in [7, 11) is 0. The fourth-order valence-electron chi connectivity index (χ4n) is 5.67. The first-order chi connectivity index (χ1) is 22.6. The van der Waals surface area contributed by atoms with Gasteiger partial charge in [-0.25, -0.2) is 0 Å². The third-order valence-corrected chi connectivity index (χ3v) is 7.46. The summed E-state index contributed by atoms with van der Waals surface area (Å²) in [5.74, 6) is 0. The molecule has 0 aliphatic heterocycles. The summed E-state index contributed by atoms with van der Waals surface area (Å²) in [6.45, 7) is 0. The van der Waals surface area contributed by atoms with Crippen molar-refractivity contribution in [2.45, 2.75) is 0 Å². The lowest BCUT2D eigenvalue weighted by Crippen LogP contribution is -1.93. The summed E-state index contributed by atoms with van der Waals surface area (Å²) in [6, 6.07) is 22.1. The number of aromatic nitrogens is 1. The van der Waals surface area contributed by atoms with Crippen LogP contribution in [0.4, 0.5) is 0 Å². The Balaban J connectivity index is 1.27. The van der Waals surface area contributed by atoms with Crippen LogP contribution in [0.3, 0.4) is 0 Å². The average molecular weight is 508 g/mol. The van der Waals surface area contributed by atoms with Gasteiger partial charge in [-0.1, -0.05) is 66.6 Å². The second-order valence-corrected chi connectivity index (χ2v) is 9.59. The van der Waals surface area contributed by atoms with Crippen LogP contribution in [0.25, 0.3) is 82.5 Å². The standard InChI is InChI=1S/C36H21NO2/c1-4-10-31-25(7-1)26-8-2-5-11-32(26)37(31)24-15-17-29-28-16-13-23(20-35(28)39-36(29)21-24)22-14-18-34-30(19-22)27-9-3-6-12-33(27)38-34/h1-21H/i1D,2D,4D,5D,7D,8D,10D,11D. The Labute approximate surface area is 234 Å². The van der Waals surface area contributed by atoms with E-state index in [4.69, 9.17) is 19.8 Å². The highest BCUT2D eigenvalue weighted by molar-refractivity contribution is 6.11. The number of fused-ring (bicyclic) bond motifs is 9. The Kier molecular flexibility index (Phi) is 2.85. The lowest BCUT2D eigenvalue weighted by atomic mass is 10.0. The van der Waals surface area contributed by atoms with E-state index in [0.29, 0.717) is 16.9 Å². The Morgan fingerprint density at radius 2 is 1.05 bits per heavy atom. The minimum absolute atomic E-state index is 0.0368. The van der Waals surface area contributed by atoms with Crippen LogP contribution in [0.1, 0.15) is 11.0 Å². The van der Waals surface area contributed by atoms with E-state index in [1.54, 1.807) is 12.1 Å². The van der Waals surface area contributed by atoms with Crippen LogP contribution in [0.2, 0.25) is 0 Å². The molecule has 0 radical (unpaired) electrons. The van der Waals surface area contributed by atoms with Crippen LogP contribution in [-0.2, 0) is 0 Å². The van der Waals surface area contributed by atoms with Crippen molar-refractivity contribution in [2.75, 3.05) is 0 Å². The van der Waals surface area contributed by atoms with Gasteiger partial charge in [0.1, 0.15) is 22.3 Å². The highest BCUT2D eigenvalue weighted by Gasteiger charge is 2.15. The van der Waals surface area contributed by atoms with E-state index < -0.39 is 24.2 Å². The predicted molar refractivity (Wildman–Crippen MR) is 161 cm³/mol. The quantitative estimate of drug-likeness (QED) is 0.233. The third kappa shape index (κ3) is 2.93. The third-order valence-electron chi connectivity index (χ3n) is 7.46. The largest absolute Gasteiger partial charge is 0.456 e. The van der Waals surface area contributed by atoms with Crippen molar-refractivity contribution in [1.29, 1.82) is 0 Å². The summed E-state index contributed by atoms with van der Waals surface area (Å²) >= 11 is 0. The molecule has 0 saturated heterocycles. The zero-order chi connectivity index (χ0) is 32.5. The van der Waals surface area contributed by atoms with E-state index in [-0.39, 0.29) is 46.0 Å². The number of hydrogen-bond acceptors (Lipinski definition) is 2. The van der Waals surface area contributed by atoms with Gasteiger partial charge in [0.15, 0.2) is 0 Å². The maximum atomic E-state index is 8.78. The molecule has 0 aliphatic rings. The minimum Gasteiger partial charge on any atom is -0.456 e. The van der Waals surface area contributed by atoms with E-state index in [9.17, 15) is 0 Å². The van der Waals surface area contributed by atoms with Crippen LogP contribution in [0, 0.1) is 0 Å². The molecule has 0 saturated carbocycles. The average Bonchev–Trinajstić information content (AvgIpc) is 3.76. The molecule has 182 valence electrons. The normalized spacial score (nSPS) is 15.0. The van der Waals surface area contributed by atoms with E-state index in [0.717, 1.165) is 43.8 Å². The van der Waals surface area contributed by atoms with Gasteiger partial charge in [0.2, 0.25) is 0 Å². The van der Waals surface area contributed by atoms with Crippen molar-refractivity contribution in [1.82, 2.24) is 4.57 Å². The number of benzene rings is 6. The van der Waals surface area contributed by atoms with Crippen molar-refractivity contribution in [3.63, 3.8) is 0 Å². The molecular weight excluding hydrogens is 478 g/mol. The Bertz CT molecular complexity index is 2770. The fraction of sp³-hybridized carbons (Fsp3) is 0. The molecule has 3 heterocycles. The van der Waals surface area contributed by atoms with Crippen LogP contribution in [0.15, 0.2) is 136 Å². The van der Waals surface area contributed by atoms with Crippen LogP contribution >= 0.6 is 0 Å². The number of furan rings is 2. The lowest BCUT2D eigenvalue weighted by molar-refractivity contribution is 0.669. The molecule has 9 rings (SSSR count). The minimum atomic E-state index is -0.474.